The number of hydrogen-bond donors (Lipinski definition) is 1. The van der Waals surface area contributed by atoms with Gasteiger partial charge in [-0.3, -0.25) is 14.4 Å². The molecule has 0 aromatic heterocycles. The highest BCUT2D eigenvalue weighted by Crippen LogP contribution is 2.54. The highest BCUT2D eigenvalue weighted by atomic mass is 16.6. The fourth-order valence-corrected chi connectivity index (χ4v) is 5.41. The monoisotopic (exact) mass is 506 g/mol. The number of benzene rings is 2. The summed E-state index contributed by atoms with van der Waals surface area (Å²) in [6.07, 6.45) is 2.02. The first-order chi connectivity index (χ1) is 18.0. The van der Waals surface area contributed by atoms with E-state index in [-0.39, 0.29) is 17.7 Å². The number of carbonyl (C=O) groups excluding carboxylic acids is 3. The molecule has 3 aliphatic heterocycles. The lowest BCUT2D eigenvalue weighted by Crippen LogP contribution is -2.52. The van der Waals surface area contributed by atoms with Crippen LogP contribution in [-0.2, 0) is 24.7 Å². The first-order valence-corrected chi connectivity index (χ1v) is 12.6. The van der Waals surface area contributed by atoms with Crippen LogP contribution >= 0.6 is 0 Å². The maximum atomic E-state index is 14.4. The zero-order chi connectivity index (χ0) is 26.2. The van der Waals surface area contributed by atoms with Crippen LogP contribution in [0.3, 0.4) is 0 Å². The summed E-state index contributed by atoms with van der Waals surface area (Å²) in [5, 5.41) is 11.6. The molecule has 37 heavy (non-hydrogen) atoms. The Kier molecular flexibility index (Phi) is 6.64. The Bertz CT molecular complexity index is 1290. The maximum Gasteiger partial charge on any atom is 0.296 e. The Labute approximate surface area is 215 Å². The fourth-order valence-electron chi connectivity index (χ4n) is 5.41. The number of ketones is 1. The molecule has 2 amide bonds. The van der Waals surface area contributed by atoms with Crippen molar-refractivity contribution in [3.8, 4) is 11.5 Å². The number of hydrogen-bond acceptors (Lipinski definition) is 7. The Morgan fingerprint density at radius 2 is 1.78 bits per heavy atom. The highest BCUT2D eigenvalue weighted by molar-refractivity contribution is 6.50. The quantitative estimate of drug-likeness (QED) is 0.254. The Hall–Kier alpha value is -3.85. The van der Waals surface area contributed by atoms with E-state index in [2.05, 4.69) is 0 Å². The number of carbonyl (C=O) groups is 3. The SMILES string of the molecule is CCCCN1C(=O)C2(C(=C(O)c3ccc4c(c3)OCCO4)C(=O)C(=O)N2CCCOC)c2ccccc21. The van der Waals surface area contributed by atoms with E-state index in [1.807, 2.05) is 19.1 Å². The first-order valence-electron chi connectivity index (χ1n) is 12.6. The van der Waals surface area contributed by atoms with Crippen LogP contribution < -0.4 is 14.4 Å². The zero-order valence-corrected chi connectivity index (χ0v) is 21.0. The number of aliphatic hydroxyl groups excluding tert-OH is 1. The average molecular weight is 507 g/mol. The van der Waals surface area contributed by atoms with Crippen LogP contribution in [0.25, 0.3) is 5.76 Å². The molecule has 0 saturated carbocycles. The van der Waals surface area contributed by atoms with Crippen molar-refractivity contribution in [1.82, 2.24) is 4.90 Å². The van der Waals surface area contributed by atoms with Gasteiger partial charge < -0.3 is 29.1 Å². The van der Waals surface area contributed by atoms with Gasteiger partial charge in [0.25, 0.3) is 17.6 Å². The van der Waals surface area contributed by atoms with Gasteiger partial charge in [0.15, 0.2) is 17.0 Å². The van der Waals surface area contributed by atoms with Gasteiger partial charge in [0.1, 0.15) is 19.0 Å². The van der Waals surface area contributed by atoms with Crippen LogP contribution in [0.1, 0.15) is 37.3 Å². The van der Waals surface area contributed by atoms with Crippen molar-refractivity contribution in [3.63, 3.8) is 0 Å². The third-order valence-electron chi connectivity index (χ3n) is 7.09. The van der Waals surface area contributed by atoms with Crippen molar-refractivity contribution in [2.45, 2.75) is 31.7 Å². The lowest BCUT2D eigenvalue weighted by molar-refractivity contribution is -0.143. The number of para-hydroxylation sites is 1. The second-order valence-corrected chi connectivity index (χ2v) is 9.25. The molecule has 0 bridgehead atoms. The molecule has 3 heterocycles. The predicted octanol–water partition coefficient (Wildman–Crippen LogP) is 3.22. The number of ether oxygens (including phenoxy) is 3. The molecule has 1 spiro atoms. The third-order valence-corrected chi connectivity index (χ3v) is 7.09. The van der Waals surface area contributed by atoms with E-state index in [0.717, 1.165) is 12.8 Å². The summed E-state index contributed by atoms with van der Waals surface area (Å²) >= 11 is 0. The summed E-state index contributed by atoms with van der Waals surface area (Å²) in [5.41, 5.74) is -0.609. The number of unbranched alkanes of at least 4 members (excludes halogenated alkanes) is 1. The smallest absolute Gasteiger partial charge is 0.296 e. The van der Waals surface area contributed by atoms with Gasteiger partial charge in [-0.2, -0.15) is 0 Å². The van der Waals surface area contributed by atoms with E-state index in [1.54, 1.807) is 42.3 Å². The van der Waals surface area contributed by atoms with Crippen LogP contribution in [0.4, 0.5) is 5.69 Å². The number of fused-ring (bicyclic) bond motifs is 3. The van der Waals surface area contributed by atoms with Gasteiger partial charge in [-0.15, -0.1) is 0 Å². The van der Waals surface area contributed by atoms with E-state index in [4.69, 9.17) is 14.2 Å². The van der Waals surface area contributed by atoms with Gasteiger partial charge in [0.05, 0.1) is 11.3 Å². The molecular formula is C28H30N2O7. The number of anilines is 1. The van der Waals surface area contributed by atoms with E-state index >= 15 is 0 Å². The molecule has 9 heteroatoms. The van der Waals surface area contributed by atoms with Gasteiger partial charge in [0.2, 0.25) is 0 Å². The Morgan fingerprint density at radius 3 is 2.54 bits per heavy atom. The van der Waals surface area contributed by atoms with Gasteiger partial charge >= 0.3 is 0 Å². The molecule has 2 aromatic rings. The van der Waals surface area contributed by atoms with Gasteiger partial charge in [-0.1, -0.05) is 31.5 Å². The molecule has 194 valence electrons. The average Bonchev–Trinajstić information content (AvgIpc) is 3.30. The second kappa shape index (κ2) is 9.89. The number of methoxy groups -OCH3 is 1. The van der Waals surface area contributed by atoms with Crippen LogP contribution in [0.15, 0.2) is 48.0 Å². The van der Waals surface area contributed by atoms with E-state index in [9.17, 15) is 19.5 Å². The molecule has 2 aromatic carbocycles. The molecule has 3 aliphatic rings. The first kappa shape index (κ1) is 24.8. The molecule has 1 fully saturated rings. The Morgan fingerprint density at radius 1 is 1.03 bits per heavy atom. The minimum absolute atomic E-state index is 0.109. The van der Waals surface area contributed by atoms with Crippen molar-refractivity contribution in [1.29, 1.82) is 0 Å². The summed E-state index contributed by atoms with van der Waals surface area (Å²) < 4.78 is 16.4. The number of aliphatic hydroxyl groups is 1. The summed E-state index contributed by atoms with van der Waals surface area (Å²) in [6, 6.07) is 12.0. The van der Waals surface area contributed by atoms with E-state index in [1.165, 1.54) is 4.90 Å². The third kappa shape index (κ3) is 3.76. The van der Waals surface area contributed by atoms with E-state index in [0.29, 0.717) is 55.5 Å². The summed E-state index contributed by atoms with van der Waals surface area (Å²) in [6.45, 7) is 3.67. The van der Waals surface area contributed by atoms with Crippen molar-refractivity contribution in [3.05, 3.63) is 59.2 Å². The minimum Gasteiger partial charge on any atom is -0.507 e. The standard InChI is InChI=1S/C28H30N2O7/c1-3-4-12-29-20-9-6-5-8-19(20)28(27(29)34)23(25(32)26(33)30(28)13-7-14-35-2)24(31)18-10-11-21-22(17-18)37-16-15-36-21/h5-6,8-11,17,31H,3-4,7,12-16H2,1-2H3. The number of likely N-dealkylation sites (tertiary alicyclic amines) is 1. The summed E-state index contributed by atoms with van der Waals surface area (Å²) in [7, 11) is 1.55. The van der Waals surface area contributed by atoms with Crippen LogP contribution in [-0.4, -0.2) is 67.6 Å². The lowest BCUT2D eigenvalue weighted by Gasteiger charge is -2.34. The van der Waals surface area contributed by atoms with Crippen LogP contribution in [0.5, 0.6) is 11.5 Å². The topological polar surface area (TPSA) is 106 Å². The molecule has 1 atom stereocenters. The molecule has 1 saturated heterocycles. The Balaban J connectivity index is 1.74. The number of rotatable bonds is 8. The molecule has 1 N–H and O–H groups in total. The summed E-state index contributed by atoms with van der Waals surface area (Å²) in [5.74, 6) is -1.63. The normalized spacial score (nSPS) is 21.7. The molecular weight excluding hydrogens is 476 g/mol. The van der Waals surface area contributed by atoms with Gasteiger partial charge in [-0.05, 0) is 37.1 Å². The van der Waals surface area contributed by atoms with Crippen molar-refractivity contribution >= 4 is 29.0 Å². The maximum absolute atomic E-state index is 14.4. The summed E-state index contributed by atoms with van der Waals surface area (Å²) in [4.78, 5) is 44.4. The minimum atomic E-state index is -1.77. The molecule has 0 radical (unpaired) electrons. The molecule has 9 nitrogen and oxygen atoms in total. The molecule has 0 aliphatic carbocycles. The fraction of sp³-hybridized carbons (Fsp3) is 0.393. The van der Waals surface area contributed by atoms with E-state index < -0.39 is 28.9 Å². The molecule has 1 unspecified atom stereocenters. The number of amides is 2. The van der Waals surface area contributed by atoms with Crippen molar-refractivity contribution < 1.29 is 33.7 Å². The van der Waals surface area contributed by atoms with Gasteiger partial charge in [0, 0.05) is 37.9 Å². The second-order valence-electron chi connectivity index (χ2n) is 9.25. The molecule has 5 rings (SSSR count). The van der Waals surface area contributed by atoms with Gasteiger partial charge in [-0.25, -0.2) is 0 Å². The van der Waals surface area contributed by atoms with Crippen LogP contribution in [0.2, 0.25) is 0 Å². The number of nitrogens with zero attached hydrogens (tertiary/aromatic N) is 2. The van der Waals surface area contributed by atoms with Crippen LogP contribution in [0, 0.1) is 0 Å². The zero-order valence-electron chi connectivity index (χ0n) is 21.0. The number of Topliss-reactive ketones (excluding diaryl/α,β-unsaturated/α-hetero) is 1. The predicted molar refractivity (Wildman–Crippen MR) is 136 cm³/mol. The van der Waals surface area contributed by atoms with Crippen molar-refractivity contribution in [2.75, 3.05) is 44.9 Å². The lowest BCUT2D eigenvalue weighted by atomic mass is 9.81. The highest BCUT2D eigenvalue weighted by Gasteiger charge is 2.66. The largest absolute Gasteiger partial charge is 0.507 e. The van der Waals surface area contributed by atoms with Crippen molar-refractivity contribution in [2.24, 2.45) is 0 Å².